The Morgan fingerprint density at radius 1 is 1.10 bits per heavy atom. The van der Waals surface area contributed by atoms with Crippen LogP contribution in [0.4, 0.5) is 13.2 Å². The molecule has 0 aliphatic carbocycles. The van der Waals surface area contributed by atoms with Gasteiger partial charge in [-0.15, -0.1) is 0 Å². The van der Waals surface area contributed by atoms with Gasteiger partial charge in [-0.05, 0) is 69.5 Å². The summed E-state index contributed by atoms with van der Waals surface area (Å²) in [5.41, 5.74) is -0.210. The fourth-order valence-electron chi connectivity index (χ4n) is 2.40. The Morgan fingerprint density at radius 2 is 1.81 bits per heavy atom. The molecule has 2 aromatic rings. The van der Waals surface area contributed by atoms with Gasteiger partial charge < -0.3 is 14.8 Å². The second-order valence-electron chi connectivity index (χ2n) is 6.29. The van der Waals surface area contributed by atoms with E-state index >= 15 is 0 Å². The van der Waals surface area contributed by atoms with E-state index in [0.29, 0.717) is 53.5 Å². The lowest BCUT2D eigenvalue weighted by Crippen LogP contribution is -2.16. The molecule has 0 spiro atoms. The summed E-state index contributed by atoms with van der Waals surface area (Å²) in [6, 6.07) is 5.67. The highest BCUT2D eigenvalue weighted by Gasteiger charge is 2.30. The normalized spacial score (nSPS) is 11.3. The quantitative estimate of drug-likeness (QED) is 0.271. The van der Waals surface area contributed by atoms with E-state index in [0.717, 1.165) is 28.5 Å². The Bertz CT molecular complexity index is 855. The Balaban J connectivity index is 1.68. The SMILES string of the molecule is FC(F)(F)c1ccc(CNCCCCOc2c(Cl)cc(OCC=C(Br)Br)cc2Cl)nc1. The monoisotopic (exact) mass is 604 g/mol. The number of rotatable bonds is 11. The minimum absolute atomic E-state index is 0.341. The number of halogens is 7. The van der Waals surface area contributed by atoms with E-state index < -0.39 is 11.7 Å². The van der Waals surface area contributed by atoms with Crippen LogP contribution in [0, 0.1) is 0 Å². The van der Waals surface area contributed by atoms with Crippen LogP contribution in [0.1, 0.15) is 24.1 Å². The topological polar surface area (TPSA) is 43.4 Å². The first-order chi connectivity index (χ1) is 14.7. The summed E-state index contributed by atoms with van der Waals surface area (Å²) in [7, 11) is 0. The Kier molecular flexibility index (Phi) is 10.9. The molecule has 0 atom stereocenters. The van der Waals surface area contributed by atoms with Crippen LogP contribution in [-0.2, 0) is 12.7 Å². The number of nitrogens with zero attached hydrogens (tertiary/aromatic N) is 1. The molecule has 170 valence electrons. The Labute approximate surface area is 205 Å². The maximum atomic E-state index is 12.5. The van der Waals surface area contributed by atoms with Gasteiger partial charge in [-0.2, -0.15) is 13.2 Å². The molecule has 0 saturated heterocycles. The second kappa shape index (κ2) is 12.9. The average Bonchev–Trinajstić information content (AvgIpc) is 2.68. The minimum Gasteiger partial charge on any atom is -0.490 e. The molecule has 31 heavy (non-hydrogen) atoms. The number of pyridine rings is 1. The summed E-state index contributed by atoms with van der Waals surface area (Å²) in [5, 5.41) is 3.85. The summed E-state index contributed by atoms with van der Waals surface area (Å²) in [4.78, 5) is 3.82. The molecule has 0 aliphatic heterocycles. The number of aromatic nitrogens is 1. The van der Waals surface area contributed by atoms with Gasteiger partial charge in [0.15, 0.2) is 5.75 Å². The van der Waals surface area contributed by atoms with Crippen molar-refractivity contribution >= 4 is 55.1 Å². The molecule has 0 saturated carbocycles. The molecule has 1 aromatic carbocycles. The fraction of sp³-hybridized carbons (Fsp3) is 0.350. The number of alkyl halides is 3. The highest BCUT2D eigenvalue weighted by molar-refractivity contribution is 9.28. The summed E-state index contributed by atoms with van der Waals surface area (Å²) in [6.45, 7) is 1.81. The van der Waals surface area contributed by atoms with Crippen molar-refractivity contribution < 1.29 is 22.6 Å². The van der Waals surface area contributed by atoms with E-state index in [1.807, 2.05) is 0 Å². The molecule has 1 N–H and O–H groups in total. The van der Waals surface area contributed by atoms with Gasteiger partial charge >= 0.3 is 6.18 Å². The van der Waals surface area contributed by atoms with Crippen LogP contribution in [-0.4, -0.2) is 24.7 Å². The van der Waals surface area contributed by atoms with Crippen molar-refractivity contribution in [2.75, 3.05) is 19.8 Å². The number of hydrogen-bond acceptors (Lipinski definition) is 4. The molecule has 0 unspecified atom stereocenters. The molecule has 0 aliphatic rings. The molecule has 0 radical (unpaired) electrons. The van der Waals surface area contributed by atoms with Gasteiger partial charge in [0.1, 0.15) is 12.4 Å². The first-order valence-electron chi connectivity index (χ1n) is 9.15. The molecule has 11 heteroatoms. The van der Waals surface area contributed by atoms with Gasteiger partial charge in [0.2, 0.25) is 0 Å². The van der Waals surface area contributed by atoms with Crippen LogP contribution < -0.4 is 14.8 Å². The molecule has 1 aromatic heterocycles. The fourth-order valence-corrected chi connectivity index (χ4v) is 3.24. The molecule has 4 nitrogen and oxygen atoms in total. The summed E-state index contributed by atoms with van der Waals surface area (Å²) in [5.74, 6) is 0.927. The van der Waals surface area contributed by atoms with Crippen molar-refractivity contribution in [1.29, 1.82) is 0 Å². The number of nitrogens with one attached hydrogen (secondary N) is 1. The highest BCUT2D eigenvalue weighted by Crippen LogP contribution is 2.37. The zero-order valence-corrected chi connectivity index (χ0v) is 20.8. The maximum Gasteiger partial charge on any atom is 0.417 e. The van der Waals surface area contributed by atoms with Crippen molar-refractivity contribution in [3.8, 4) is 11.5 Å². The van der Waals surface area contributed by atoms with Crippen LogP contribution in [0.3, 0.4) is 0 Å². The van der Waals surface area contributed by atoms with E-state index in [2.05, 4.69) is 42.2 Å². The lowest BCUT2D eigenvalue weighted by Gasteiger charge is -2.12. The third-order valence-corrected chi connectivity index (χ3v) is 5.12. The molecule has 1 heterocycles. The largest absolute Gasteiger partial charge is 0.490 e. The van der Waals surface area contributed by atoms with Crippen molar-refractivity contribution in [1.82, 2.24) is 10.3 Å². The van der Waals surface area contributed by atoms with Crippen LogP contribution in [0.5, 0.6) is 11.5 Å². The predicted octanol–water partition coefficient (Wildman–Crippen LogP) is 7.37. The van der Waals surface area contributed by atoms with Crippen molar-refractivity contribution in [3.63, 3.8) is 0 Å². The zero-order valence-electron chi connectivity index (χ0n) is 16.1. The number of hydrogen-bond donors (Lipinski definition) is 1. The molecule has 0 amide bonds. The molecule has 0 bridgehead atoms. The average molecular weight is 607 g/mol. The lowest BCUT2D eigenvalue weighted by atomic mass is 10.2. The van der Waals surface area contributed by atoms with Crippen molar-refractivity contribution in [2.24, 2.45) is 0 Å². The van der Waals surface area contributed by atoms with E-state index in [1.54, 1.807) is 18.2 Å². The third-order valence-electron chi connectivity index (χ3n) is 3.91. The van der Waals surface area contributed by atoms with Crippen LogP contribution >= 0.6 is 55.1 Å². The summed E-state index contributed by atoms with van der Waals surface area (Å²) >= 11 is 18.9. The second-order valence-corrected chi connectivity index (χ2v) is 9.88. The van der Waals surface area contributed by atoms with Crippen LogP contribution in [0.2, 0.25) is 10.0 Å². The first-order valence-corrected chi connectivity index (χ1v) is 11.5. The minimum atomic E-state index is -4.37. The van der Waals surface area contributed by atoms with E-state index in [9.17, 15) is 13.2 Å². The van der Waals surface area contributed by atoms with Gasteiger partial charge in [0.05, 0.1) is 31.3 Å². The standard InChI is InChI=1S/C20H19Br2Cl2F3N2O2/c21-18(22)5-8-30-15-9-16(23)19(17(24)10-15)31-7-2-1-6-28-12-14-4-3-13(11-29-14)20(25,26)27/h3-5,9-11,28H,1-2,6-8,12H2. The summed E-state index contributed by atoms with van der Waals surface area (Å²) < 4.78 is 49.5. The van der Waals surface area contributed by atoms with Gasteiger partial charge in [-0.3, -0.25) is 4.98 Å². The van der Waals surface area contributed by atoms with E-state index in [4.69, 9.17) is 32.7 Å². The maximum absolute atomic E-state index is 12.5. The molecular weight excluding hydrogens is 588 g/mol. The smallest absolute Gasteiger partial charge is 0.417 e. The van der Waals surface area contributed by atoms with Crippen LogP contribution in [0.25, 0.3) is 0 Å². The first kappa shape index (κ1) is 26.3. The van der Waals surface area contributed by atoms with Crippen LogP contribution in [0.15, 0.2) is 39.9 Å². The van der Waals surface area contributed by atoms with Gasteiger partial charge in [-0.1, -0.05) is 23.2 Å². The van der Waals surface area contributed by atoms with Crippen molar-refractivity contribution in [2.45, 2.75) is 25.6 Å². The third kappa shape index (κ3) is 9.57. The highest BCUT2D eigenvalue weighted by atomic mass is 79.9. The molecule has 0 fully saturated rings. The van der Waals surface area contributed by atoms with Gasteiger partial charge in [0, 0.05) is 24.9 Å². The lowest BCUT2D eigenvalue weighted by molar-refractivity contribution is -0.137. The predicted molar refractivity (Wildman–Crippen MR) is 124 cm³/mol. The number of unbranched alkanes of at least 4 members (excludes halogenated alkanes) is 1. The van der Waals surface area contributed by atoms with E-state index in [1.165, 1.54) is 6.07 Å². The Morgan fingerprint density at radius 3 is 2.39 bits per heavy atom. The summed E-state index contributed by atoms with van der Waals surface area (Å²) in [6.07, 6.45) is -0.215. The molecular formula is C20H19Br2Cl2F3N2O2. The van der Waals surface area contributed by atoms with E-state index in [-0.39, 0.29) is 0 Å². The van der Waals surface area contributed by atoms with Crippen molar-refractivity contribution in [3.05, 3.63) is 61.2 Å². The van der Waals surface area contributed by atoms with Gasteiger partial charge in [0.25, 0.3) is 0 Å². The zero-order chi connectivity index (χ0) is 22.9. The van der Waals surface area contributed by atoms with Gasteiger partial charge in [-0.25, -0.2) is 0 Å². The number of ether oxygens (including phenoxy) is 2. The Hall–Kier alpha value is -1.000. The molecule has 2 rings (SSSR count). The number of benzene rings is 1.